The molecule has 0 amide bonds. The minimum atomic E-state index is 0.0978. The molecule has 0 fully saturated rings. The number of anilines is 1. The van der Waals surface area contributed by atoms with Crippen molar-refractivity contribution in [2.24, 2.45) is 4.99 Å². The molecule has 1 atom stereocenters. The average molecular weight is 304 g/mol. The van der Waals surface area contributed by atoms with Gasteiger partial charge in [0, 0.05) is 5.02 Å². The zero-order chi connectivity index (χ0) is 13.9. The summed E-state index contributed by atoms with van der Waals surface area (Å²) in [5.74, 6) is 0.765. The lowest BCUT2D eigenvalue weighted by molar-refractivity contribution is 0.815. The van der Waals surface area contributed by atoms with Gasteiger partial charge in [0.25, 0.3) is 0 Å². The van der Waals surface area contributed by atoms with Crippen molar-refractivity contribution < 1.29 is 0 Å². The minimum Gasteiger partial charge on any atom is -0.325 e. The highest BCUT2D eigenvalue weighted by Crippen LogP contribution is 2.31. The maximum atomic E-state index is 5.98. The van der Waals surface area contributed by atoms with E-state index in [4.69, 9.17) is 11.6 Å². The molecule has 1 aliphatic rings. The van der Waals surface area contributed by atoms with E-state index < -0.39 is 0 Å². The van der Waals surface area contributed by atoms with Gasteiger partial charge in [-0.05, 0) is 42.6 Å². The van der Waals surface area contributed by atoms with Crippen LogP contribution >= 0.6 is 23.5 Å². The van der Waals surface area contributed by atoms with Gasteiger partial charge in [0.2, 0.25) is 5.96 Å². The summed E-state index contributed by atoms with van der Waals surface area (Å²) in [6, 6.07) is 16.1. The molecule has 2 aromatic rings. The number of aliphatic imine (C=N–C) groups is 1. The highest BCUT2D eigenvalue weighted by molar-refractivity contribution is 7.98. The fourth-order valence-corrected chi connectivity index (χ4v) is 2.96. The highest BCUT2D eigenvalue weighted by Gasteiger charge is 2.15. The van der Waals surface area contributed by atoms with Gasteiger partial charge in [0.1, 0.15) is 0 Å². The summed E-state index contributed by atoms with van der Waals surface area (Å²) in [6.07, 6.45) is 0. The normalized spacial score (nSPS) is 17.0. The molecule has 1 unspecified atom stereocenters. The van der Waals surface area contributed by atoms with Crippen molar-refractivity contribution in [2.45, 2.75) is 17.9 Å². The number of hydrogen-bond donors (Lipinski definition) is 2. The number of benzene rings is 2. The van der Waals surface area contributed by atoms with Gasteiger partial charge in [-0.25, -0.2) is 4.99 Å². The number of fused-ring (bicyclic) bond motifs is 1. The summed E-state index contributed by atoms with van der Waals surface area (Å²) in [4.78, 5) is 5.74. The monoisotopic (exact) mass is 303 g/mol. The molecule has 0 bridgehead atoms. The third-order valence-electron chi connectivity index (χ3n) is 3.06. The van der Waals surface area contributed by atoms with Crippen molar-refractivity contribution in [1.29, 1.82) is 0 Å². The first-order valence-electron chi connectivity index (χ1n) is 6.34. The minimum absolute atomic E-state index is 0.0978. The Morgan fingerprint density at radius 2 is 1.95 bits per heavy atom. The van der Waals surface area contributed by atoms with Gasteiger partial charge in [-0.1, -0.05) is 41.9 Å². The van der Waals surface area contributed by atoms with Crippen LogP contribution in [-0.2, 0) is 0 Å². The van der Waals surface area contributed by atoms with Crippen LogP contribution in [0.1, 0.15) is 18.5 Å². The van der Waals surface area contributed by atoms with Crippen LogP contribution < -0.4 is 10.0 Å². The number of hydrogen-bond acceptors (Lipinski definition) is 2. The fraction of sp³-hybridized carbons (Fsp3) is 0.133. The van der Waals surface area contributed by atoms with Gasteiger partial charge >= 0.3 is 0 Å². The molecular weight excluding hydrogens is 290 g/mol. The molecule has 20 heavy (non-hydrogen) atoms. The van der Waals surface area contributed by atoms with Crippen LogP contribution in [0.5, 0.6) is 0 Å². The maximum Gasteiger partial charge on any atom is 0.206 e. The Bertz CT molecular complexity index is 643. The van der Waals surface area contributed by atoms with Crippen molar-refractivity contribution in [3.8, 4) is 0 Å². The number of halogens is 1. The van der Waals surface area contributed by atoms with Crippen LogP contribution in [0.15, 0.2) is 58.4 Å². The van der Waals surface area contributed by atoms with E-state index in [0.717, 1.165) is 21.6 Å². The van der Waals surface area contributed by atoms with Crippen molar-refractivity contribution in [3.63, 3.8) is 0 Å². The molecule has 0 spiro atoms. The van der Waals surface area contributed by atoms with E-state index in [-0.39, 0.29) is 6.04 Å². The first-order valence-corrected chi connectivity index (χ1v) is 7.54. The van der Waals surface area contributed by atoms with Gasteiger partial charge in [-0.15, -0.1) is 0 Å². The molecule has 2 aromatic carbocycles. The SMILES string of the molecule is CC(N=C1NSc2cc(Cl)ccc2N1)c1ccccc1. The molecule has 0 saturated heterocycles. The second-order valence-electron chi connectivity index (χ2n) is 4.53. The quantitative estimate of drug-likeness (QED) is 0.803. The van der Waals surface area contributed by atoms with Crippen LogP contribution in [0, 0.1) is 0 Å². The van der Waals surface area contributed by atoms with Crippen molar-refractivity contribution in [3.05, 3.63) is 59.1 Å². The summed E-state index contributed by atoms with van der Waals surface area (Å²) in [7, 11) is 0. The third-order valence-corrected chi connectivity index (χ3v) is 4.15. The molecule has 5 heteroatoms. The fourth-order valence-electron chi connectivity index (χ4n) is 2.00. The van der Waals surface area contributed by atoms with Crippen molar-refractivity contribution in [2.75, 3.05) is 5.32 Å². The Labute approximate surface area is 127 Å². The number of nitrogens with one attached hydrogen (secondary N) is 2. The third kappa shape index (κ3) is 2.92. The van der Waals surface area contributed by atoms with Gasteiger partial charge in [0.15, 0.2) is 0 Å². The zero-order valence-electron chi connectivity index (χ0n) is 10.9. The molecule has 3 rings (SSSR count). The second kappa shape index (κ2) is 5.77. The standard InChI is InChI=1S/C15H14ClN3S/c1-10(11-5-3-2-4-6-11)17-15-18-13-8-7-12(16)9-14(13)20-19-15/h2-10H,1H3,(H2,17,18,19). The Hall–Kier alpha value is -1.65. The summed E-state index contributed by atoms with van der Waals surface area (Å²) in [6.45, 7) is 2.08. The molecule has 0 aromatic heterocycles. The van der Waals surface area contributed by atoms with E-state index in [1.54, 1.807) is 0 Å². The lowest BCUT2D eigenvalue weighted by Crippen LogP contribution is -2.29. The Morgan fingerprint density at radius 1 is 1.15 bits per heavy atom. The van der Waals surface area contributed by atoms with Gasteiger partial charge in [-0.2, -0.15) is 0 Å². The molecule has 0 saturated carbocycles. The van der Waals surface area contributed by atoms with Crippen molar-refractivity contribution in [1.82, 2.24) is 4.72 Å². The smallest absolute Gasteiger partial charge is 0.206 e. The van der Waals surface area contributed by atoms with E-state index in [1.807, 2.05) is 36.4 Å². The Kier molecular flexibility index (Phi) is 3.85. The van der Waals surface area contributed by atoms with E-state index in [1.165, 1.54) is 17.5 Å². The van der Waals surface area contributed by atoms with E-state index in [9.17, 15) is 0 Å². The van der Waals surface area contributed by atoms with E-state index in [2.05, 4.69) is 34.1 Å². The number of guanidine groups is 1. The first-order chi connectivity index (χ1) is 9.72. The Balaban J connectivity index is 1.80. The van der Waals surface area contributed by atoms with Crippen LogP contribution in [0.3, 0.4) is 0 Å². The summed E-state index contributed by atoms with van der Waals surface area (Å²) in [5, 5.41) is 4.02. The van der Waals surface area contributed by atoms with E-state index >= 15 is 0 Å². The maximum absolute atomic E-state index is 5.98. The van der Waals surface area contributed by atoms with Crippen molar-refractivity contribution >= 4 is 35.2 Å². The largest absolute Gasteiger partial charge is 0.325 e. The second-order valence-corrected chi connectivity index (χ2v) is 5.82. The molecule has 1 aliphatic heterocycles. The van der Waals surface area contributed by atoms with Gasteiger partial charge in [0.05, 0.1) is 16.6 Å². The molecule has 3 nitrogen and oxygen atoms in total. The number of rotatable bonds is 2. The molecular formula is C15H14ClN3S. The molecule has 1 heterocycles. The van der Waals surface area contributed by atoms with Crippen LogP contribution in [0.25, 0.3) is 0 Å². The lowest BCUT2D eigenvalue weighted by atomic mass is 10.1. The summed E-state index contributed by atoms with van der Waals surface area (Å²) < 4.78 is 3.20. The van der Waals surface area contributed by atoms with Crippen LogP contribution in [-0.4, -0.2) is 5.96 Å². The van der Waals surface area contributed by atoms with Crippen LogP contribution in [0.2, 0.25) is 5.02 Å². The molecule has 0 radical (unpaired) electrons. The summed E-state index contributed by atoms with van der Waals surface area (Å²) in [5.41, 5.74) is 2.22. The molecule has 102 valence electrons. The van der Waals surface area contributed by atoms with E-state index in [0.29, 0.717) is 0 Å². The number of nitrogens with zero attached hydrogens (tertiary/aromatic N) is 1. The lowest BCUT2D eigenvalue weighted by Gasteiger charge is -2.21. The predicted octanol–water partition coefficient (Wildman–Crippen LogP) is 4.48. The zero-order valence-corrected chi connectivity index (χ0v) is 12.5. The van der Waals surface area contributed by atoms with Crippen LogP contribution in [0.4, 0.5) is 5.69 Å². The predicted molar refractivity (Wildman–Crippen MR) is 86.4 cm³/mol. The first kappa shape index (κ1) is 13.3. The average Bonchev–Trinajstić information content (AvgIpc) is 2.48. The molecule has 0 aliphatic carbocycles. The molecule has 2 N–H and O–H groups in total. The van der Waals surface area contributed by atoms with Gasteiger partial charge in [-0.3, -0.25) is 4.72 Å². The van der Waals surface area contributed by atoms with Gasteiger partial charge < -0.3 is 5.32 Å². The summed E-state index contributed by atoms with van der Waals surface area (Å²) >= 11 is 7.50. The topological polar surface area (TPSA) is 36.4 Å². The highest BCUT2D eigenvalue weighted by atomic mass is 35.5. The Morgan fingerprint density at radius 3 is 2.75 bits per heavy atom.